The zero-order valence-electron chi connectivity index (χ0n) is 73.0. The van der Waals surface area contributed by atoms with Crippen LogP contribution in [0.15, 0.2) is 245 Å². The van der Waals surface area contributed by atoms with E-state index in [1.165, 1.54) is 0 Å². The molecule has 0 radical (unpaired) electrons. The first kappa shape index (κ1) is 16.7. The van der Waals surface area contributed by atoms with E-state index < -0.39 is 364 Å². The number of fused-ring (bicyclic) bond motifs is 9. The van der Waals surface area contributed by atoms with E-state index in [0.717, 1.165) is 4.57 Å². The Bertz CT molecular complexity index is 6330. The molecule has 0 saturated carbocycles. The average Bonchev–Trinajstić information content (AvgIpc) is 1.44. The lowest BCUT2D eigenvalue weighted by Crippen LogP contribution is -2.20. The minimum Gasteiger partial charge on any atom is -0.462 e. The van der Waals surface area contributed by atoms with Gasteiger partial charge in [0.1, 0.15) is 18.8 Å². The number of halogens is 1. The van der Waals surface area contributed by atoms with Crippen molar-refractivity contribution in [2.75, 3.05) is 14.7 Å². The van der Waals surface area contributed by atoms with Crippen LogP contribution in [-0.4, -0.2) is 4.57 Å². The molecule has 1 aliphatic heterocycles. The summed E-state index contributed by atoms with van der Waals surface area (Å²) in [5, 5.41) is -5.34. The van der Waals surface area contributed by atoms with Crippen LogP contribution >= 0.6 is 11.6 Å². The number of anilines is 9. The number of benzene rings is 10. The lowest BCUT2D eigenvalue weighted by Gasteiger charge is -2.36. The largest absolute Gasteiger partial charge is 0.462 e. The van der Waals surface area contributed by atoms with E-state index in [2.05, 4.69) is 0 Å². The highest BCUT2D eigenvalue weighted by Crippen LogP contribution is 2.56. The van der Waals surface area contributed by atoms with Crippen LogP contribution in [-0.2, 0) is 0 Å². The summed E-state index contributed by atoms with van der Waals surface area (Å²) in [5.74, 6) is 0. The van der Waals surface area contributed by atoms with Crippen molar-refractivity contribution in [3.63, 3.8) is 0 Å². The second-order valence-electron chi connectivity index (χ2n) is 14.5. The summed E-state index contributed by atoms with van der Waals surface area (Å²) >= 11 is 8.09. The van der Waals surface area contributed by atoms with Gasteiger partial charge in [-0.25, -0.2) is 0 Å². The lowest BCUT2D eigenvalue weighted by molar-refractivity contribution is 0.616. The minimum atomic E-state index is -1.63. The van der Waals surface area contributed by atoms with Crippen LogP contribution < -0.4 is 14.7 Å². The first-order chi connectivity index (χ1) is 50.4. The van der Waals surface area contributed by atoms with Crippen molar-refractivity contribution in [1.82, 2.24) is 4.57 Å². The fourth-order valence-electron chi connectivity index (χ4n) is 8.10. The van der Waals surface area contributed by atoms with Crippen molar-refractivity contribution in [3.8, 4) is 16.8 Å². The second-order valence-corrected chi connectivity index (χ2v) is 14.9. The van der Waals surface area contributed by atoms with Gasteiger partial charge in [0, 0.05) is 38.3 Å². The van der Waals surface area contributed by atoms with E-state index in [1.807, 2.05) is 0 Å². The summed E-state index contributed by atoms with van der Waals surface area (Å²) in [6.45, 7) is 0. The Morgan fingerprint density at radius 3 is 1.84 bits per heavy atom. The number of rotatable bonds is 8. The Morgan fingerprint density at radius 2 is 1.04 bits per heavy atom. The topological polar surface area (TPSA) is 40.9 Å². The Balaban J connectivity index is 1.34. The smallest absolute Gasteiger partial charge is 0.159 e. The van der Waals surface area contributed by atoms with E-state index in [-0.39, 0.29) is 4.90 Å². The highest BCUT2D eigenvalue weighted by Gasteiger charge is 2.33. The van der Waals surface area contributed by atoms with E-state index in [1.54, 1.807) is 0 Å². The van der Waals surface area contributed by atoms with Gasteiger partial charge >= 0.3 is 0 Å². The maximum Gasteiger partial charge on any atom is 0.159 e. The molecule has 0 saturated heterocycles. The molecule has 69 heavy (non-hydrogen) atoms. The first-order valence-electron chi connectivity index (χ1n) is 39.4. The predicted molar refractivity (Wildman–Crippen MR) is 286 cm³/mol. The molecule has 10 aromatic carbocycles. The van der Waals surface area contributed by atoms with Crippen molar-refractivity contribution in [2.45, 2.75) is 0 Å². The Labute approximate surface area is 457 Å². The number of hydrogen-bond donors (Lipinski definition) is 0. The zero-order valence-corrected chi connectivity index (χ0v) is 34.7. The molecular weight excluding hydrogens is 868 g/mol. The quantitative estimate of drug-likeness (QED) is 0.152. The molecule has 6 nitrogen and oxygen atoms in total. The monoisotopic (exact) mass is 946 g/mol. The molecule has 14 rings (SSSR count). The van der Waals surface area contributed by atoms with Gasteiger partial charge in [0.25, 0.3) is 0 Å². The standard InChI is InChI=1S/C62H39ClN4O2/c63-60-55(65-51-29-13-14-30-52(51)67-50-28-12-10-24-45(50)47-26-16-31-53(65)61(47)67)37-44(64(42-20-6-2-7-21-42)43-22-8-3-9-23-43)38-56(60)66(54-32-17-27-48-46-25-11-15-33-59(46)69-62(48)54)57-39-68-58-35-34-41(36-49(57)58)40-18-4-1-5-19-40/h1-39H/i1D,2D,3D,4D,5D,6D,7D,8D,9D,10D,11D,12D,13D,14D,15D,16D,17D,18D,19D,20D,21D,22D,23D,24D,25D,26D,27D,28D,29D,30D,31D,32D,33D,34D,35D,36D,37D,38D,39D. The normalized spacial score (nSPS) is 20.0. The summed E-state index contributed by atoms with van der Waals surface area (Å²) in [5.41, 5.74) is -18.8. The van der Waals surface area contributed by atoms with Crippen LogP contribution in [0.5, 0.6) is 0 Å². The van der Waals surface area contributed by atoms with E-state index in [0.29, 0.717) is 9.80 Å². The van der Waals surface area contributed by atoms with Crippen molar-refractivity contribution in [1.29, 1.82) is 0 Å². The molecule has 0 spiro atoms. The molecule has 0 amide bonds. The van der Waals surface area contributed by atoms with Gasteiger partial charge in [0.05, 0.1) is 114 Å². The zero-order chi connectivity index (χ0) is 79.5. The third-order valence-corrected chi connectivity index (χ3v) is 11.2. The summed E-state index contributed by atoms with van der Waals surface area (Å²) in [6, 6.07) is -44.7. The minimum absolute atomic E-state index is 0.181. The van der Waals surface area contributed by atoms with E-state index >= 15 is 0 Å². The molecule has 0 N–H and O–H groups in total. The van der Waals surface area contributed by atoms with Gasteiger partial charge in [-0.1, -0.05) is 157 Å². The van der Waals surface area contributed by atoms with Crippen LogP contribution in [0.1, 0.15) is 53.5 Å². The Kier molecular flexibility index (Phi) is 3.76. The SMILES string of the molecule is [2H]c1oc2c([2H])c([2H])c(-c3c([2H])c([2H])c([2H])c([2H])c3[2H])c([2H])c2c1N(c1c([2H])c(N(c2c([2H])c([2H])c([2H])c([2H])c2[2H])c2c([2H])c([2H])c([2H])c([2H])c2[2H])c([2H])c(N2c3c([2H])c([2H])c([2H])c([2H])c3-n3c4c([2H])c([2H])c([2H])c([2H])c4c4c([2H])c([2H])c([2H])c2c43)c1Cl)c1c([2H])c([2H])c([2H])c2c1oc1c([2H])c([2H])c([2H])c([2H])c12. The Morgan fingerprint density at radius 1 is 0.406 bits per heavy atom. The van der Waals surface area contributed by atoms with Gasteiger partial charge in [-0.05, 0) is 95.7 Å². The second kappa shape index (κ2) is 15.6. The maximum atomic E-state index is 11.0. The molecule has 4 heterocycles. The molecule has 0 fully saturated rings. The fourth-order valence-corrected chi connectivity index (χ4v) is 8.36. The molecule has 13 aromatic rings. The summed E-state index contributed by atoms with van der Waals surface area (Å²) in [7, 11) is 0. The van der Waals surface area contributed by atoms with Crippen LogP contribution in [0.4, 0.5) is 51.2 Å². The van der Waals surface area contributed by atoms with Gasteiger partial charge in [0.2, 0.25) is 0 Å². The molecule has 0 aliphatic carbocycles. The molecule has 3 aromatic heterocycles. The lowest BCUT2D eigenvalue weighted by atomic mass is 10.0. The molecule has 326 valence electrons. The van der Waals surface area contributed by atoms with Crippen LogP contribution in [0.2, 0.25) is 5.02 Å². The fraction of sp³-hybridized carbons (Fsp3) is 0. The van der Waals surface area contributed by atoms with E-state index in [9.17, 15) is 30.2 Å². The third kappa shape index (κ3) is 6.06. The van der Waals surface area contributed by atoms with Gasteiger partial charge in [-0.3, -0.25) is 0 Å². The summed E-state index contributed by atoms with van der Waals surface area (Å²) in [4.78, 5) is 0.997. The summed E-state index contributed by atoms with van der Waals surface area (Å²) < 4.78 is 379. The number of hydrogen-bond acceptors (Lipinski definition) is 5. The first-order valence-corrected chi connectivity index (χ1v) is 20.3. The molecule has 7 heteroatoms. The summed E-state index contributed by atoms with van der Waals surface area (Å²) in [6.07, 6.45) is -1.44. The number of aromatic nitrogens is 1. The van der Waals surface area contributed by atoms with Crippen molar-refractivity contribution in [2.24, 2.45) is 0 Å². The molecular formula is C62H39ClN4O2. The maximum absolute atomic E-state index is 11.0. The highest BCUT2D eigenvalue weighted by atomic mass is 35.5. The van der Waals surface area contributed by atoms with Gasteiger partial charge in [-0.2, -0.15) is 0 Å². The molecule has 0 bridgehead atoms. The van der Waals surface area contributed by atoms with Crippen molar-refractivity contribution >= 4 is 118 Å². The highest BCUT2D eigenvalue weighted by molar-refractivity contribution is 6.37. The van der Waals surface area contributed by atoms with Crippen LogP contribution in [0.3, 0.4) is 0 Å². The van der Waals surface area contributed by atoms with Crippen molar-refractivity contribution in [3.05, 3.63) is 241 Å². The predicted octanol–water partition coefficient (Wildman–Crippen LogP) is 18.5. The van der Waals surface area contributed by atoms with Crippen molar-refractivity contribution < 1.29 is 62.3 Å². The number of furan rings is 2. The van der Waals surface area contributed by atoms with Gasteiger partial charge in [-0.15, -0.1) is 0 Å². The number of nitrogens with zero attached hydrogens (tertiary/aromatic N) is 4. The Hall–Kier alpha value is -8.97. The molecule has 0 unspecified atom stereocenters. The van der Waals surface area contributed by atoms with Crippen LogP contribution in [0, 0.1) is 0 Å². The number of para-hydroxylation sites is 8. The van der Waals surface area contributed by atoms with E-state index in [4.69, 9.17) is 43.7 Å². The van der Waals surface area contributed by atoms with Crippen LogP contribution in [0.25, 0.3) is 71.5 Å². The van der Waals surface area contributed by atoms with Gasteiger partial charge in [0.15, 0.2) is 5.58 Å². The third-order valence-electron chi connectivity index (χ3n) is 10.9. The average molecular weight is 947 g/mol. The molecule has 0 atom stereocenters. The molecule has 1 aliphatic rings. The van der Waals surface area contributed by atoms with Gasteiger partial charge < -0.3 is 28.1 Å².